The summed E-state index contributed by atoms with van der Waals surface area (Å²) >= 11 is 0. The quantitative estimate of drug-likeness (QED) is 0.718. The summed E-state index contributed by atoms with van der Waals surface area (Å²) in [5, 5.41) is 9.66. The molecule has 0 spiro atoms. The van der Waals surface area contributed by atoms with E-state index in [1.54, 1.807) is 0 Å². The number of rotatable bonds is 4. The molecule has 0 heterocycles. The first-order valence-corrected chi connectivity index (χ1v) is 6.72. The number of hydrogen-bond donors (Lipinski definition) is 2. The zero-order valence-corrected chi connectivity index (χ0v) is 10.1. The second-order valence-corrected chi connectivity index (χ2v) is 6.22. The van der Waals surface area contributed by atoms with E-state index in [-0.39, 0.29) is 12.0 Å². The lowest BCUT2D eigenvalue weighted by Crippen LogP contribution is -2.41. The minimum atomic E-state index is -3.35. The second-order valence-electron chi connectivity index (χ2n) is 4.25. The maximum absolute atomic E-state index is 11.4. The average Bonchev–Trinajstić information content (AvgIpc) is 2.16. The number of aliphatic hydroxyl groups is 1. The summed E-state index contributed by atoms with van der Waals surface area (Å²) in [6, 6.07) is 0. The fraction of sp³-hybridized carbons (Fsp3) is 1.00. The van der Waals surface area contributed by atoms with E-state index in [1.165, 1.54) is 14.1 Å². The summed E-state index contributed by atoms with van der Waals surface area (Å²) in [5.41, 5.74) is 0. The molecule has 2 atom stereocenters. The van der Waals surface area contributed by atoms with Gasteiger partial charge in [0, 0.05) is 20.6 Å². The van der Waals surface area contributed by atoms with Gasteiger partial charge in [0.25, 0.3) is 10.2 Å². The topological polar surface area (TPSA) is 69.6 Å². The van der Waals surface area contributed by atoms with Gasteiger partial charge in [-0.05, 0) is 18.8 Å². The van der Waals surface area contributed by atoms with E-state index in [4.69, 9.17) is 0 Å². The zero-order chi connectivity index (χ0) is 11.5. The third-order valence-electron chi connectivity index (χ3n) is 2.88. The summed E-state index contributed by atoms with van der Waals surface area (Å²) in [4.78, 5) is 0. The Morgan fingerprint density at radius 2 is 1.93 bits per heavy atom. The normalized spacial score (nSPS) is 28.3. The largest absolute Gasteiger partial charge is 0.393 e. The highest BCUT2D eigenvalue weighted by Crippen LogP contribution is 2.23. The second kappa shape index (κ2) is 5.25. The minimum absolute atomic E-state index is 0.0634. The van der Waals surface area contributed by atoms with Gasteiger partial charge in [-0.2, -0.15) is 12.7 Å². The molecule has 2 unspecified atom stereocenters. The first-order valence-electron chi connectivity index (χ1n) is 5.28. The van der Waals surface area contributed by atoms with E-state index in [9.17, 15) is 13.5 Å². The lowest BCUT2D eigenvalue weighted by molar-refractivity contribution is 0.0723. The molecule has 5 nitrogen and oxygen atoms in total. The van der Waals surface area contributed by atoms with Gasteiger partial charge >= 0.3 is 0 Å². The van der Waals surface area contributed by atoms with Crippen molar-refractivity contribution in [2.45, 2.75) is 31.8 Å². The summed E-state index contributed by atoms with van der Waals surface area (Å²) in [5.74, 6) is 0.0634. The number of nitrogens with zero attached hydrogens (tertiary/aromatic N) is 1. The predicted molar refractivity (Wildman–Crippen MR) is 58.6 cm³/mol. The van der Waals surface area contributed by atoms with Crippen LogP contribution in [0.15, 0.2) is 0 Å². The Morgan fingerprint density at radius 1 is 1.33 bits per heavy atom. The van der Waals surface area contributed by atoms with E-state index in [0.717, 1.165) is 30.0 Å². The molecule has 1 rings (SSSR count). The smallest absolute Gasteiger partial charge is 0.278 e. The van der Waals surface area contributed by atoms with Crippen molar-refractivity contribution in [3.8, 4) is 0 Å². The van der Waals surface area contributed by atoms with Crippen LogP contribution >= 0.6 is 0 Å². The fourth-order valence-corrected chi connectivity index (χ4v) is 2.45. The van der Waals surface area contributed by atoms with Crippen molar-refractivity contribution in [2.24, 2.45) is 5.92 Å². The molecule has 1 saturated carbocycles. The van der Waals surface area contributed by atoms with E-state index in [0.29, 0.717) is 6.54 Å². The monoisotopic (exact) mass is 236 g/mol. The van der Waals surface area contributed by atoms with Crippen LogP contribution in [0.1, 0.15) is 25.7 Å². The zero-order valence-electron chi connectivity index (χ0n) is 9.31. The molecule has 6 heteroatoms. The molecule has 1 aliphatic carbocycles. The van der Waals surface area contributed by atoms with Crippen LogP contribution in [0.5, 0.6) is 0 Å². The standard InChI is InChI=1S/C9H20N2O3S/c1-11(2)15(13,14)10-7-8-5-3-4-6-9(8)12/h8-10,12H,3-7H2,1-2H3. The molecule has 15 heavy (non-hydrogen) atoms. The highest BCUT2D eigenvalue weighted by molar-refractivity contribution is 7.87. The van der Waals surface area contributed by atoms with Crippen LogP contribution in [-0.4, -0.2) is 44.6 Å². The summed E-state index contributed by atoms with van der Waals surface area (Å²) in [6.07, 6.45) is 3.44. The Labute approximate surface area is 91.7 Å². The molecule has 2 N–H and O–H groups in total. The van der Waals surface area contributed by atoms with Crippen molar-refractivity contribution in [1.29, 1.82) is 0 Å². The lowest BCUT2D eigenvalue weighted by atomic mass is 9.87. The molecule has 0 saturated heterocycles. The maximum Gasteiger partial charge on any atom is 0.278 e. The van der Waals surface area contributed by atoms with E-state index >= 15 is 0 Å². The summed E-state index contributed by atoms with van der Waals surface area (Å²) in [6.45, 7) is 0.335. The Morgan fingerprint density at radius 3 is 2.47 bits per heavy atom. The molecule has 0 amide bonds. The lowest BCUT2D eigenvalue weighted by Gasteiger charge is -2.28. The number of nitrogens with one attached hydrogen (secondary N) is 1. The molecule has 0 bridgehead atoms. The SMILES string of the molecule is CN(C)S(=O)(=O)NCC1CCCCC1O. The van der Waals surface area contributed by atoms with Crippen LogP contribution in [0.2, 0.25) is 0 Å². The first kappa shape index (κ1) is 12.9. The molecule has 0 aromatic carbocycles. The van der Waals surface area contributed by atoms with Crippen LogP contribution in [-0.2, 0) is 10.2 Å². The minimum Gasteiger partial charge on any atom is -0.393 e. The van der Waals surface area contributed by atoms with Crippen LogP contribution in [0, 0.1) is 5.92 Å². The van der Waals surface area contributed by atoms with E-state index in [1.807, 2.05) is 0 Å². The molecule has 0 aliphatic heterocycles. The predicted octanol–water partition coefficient (Wildman–Crippen LogP) is -0.0665. The average molecular weight is 236 g/mol. The van der Waals surface area contributed by atoms with Gasteiger partial charge < -0.3 is 5.11 Å². The van der Waals surface area contributed by atoms with Crippen LogP contribution < -0.4 is 4.72 Å². The Balaban J connectivity index is 2.42. The van der Waals surface area contributed by atoms with Crippen molar-refractivity contribution >= 4 is 10.2 Å². The third kappa shape index (κ3) is 3.71. The number of aliphatic hydroxyl groups excluding tert-OH is 1. The third-order valence-corrected chi connectivity index (χ3v) is 4.37. The van der Waals surface area contributed by atoms with Crippen molar-refractivity contribution < 1.29 is 13.5 Å². The molecular formula is C9H20N2O3S. The van der Waals surface area contributed by atoms with Gasteiger partial charge in [0.05, 0.1) is 6.10 Å². The van der Waals surface area contributed by atoms with E-state index < -0.39 is 10.2 Å². The van der Waals surface area contributed by atoms with Crippen LogP contribution in [0.4, 0.5) is 0 Å². The van der Waals surface area contributed by atoms with Gasteiger partial charge in [0.15, 0.2) is 0 Å². The molecular weight excluding hydrogens is 216 g/mol. The fourth-order valence-electron chi connectivity index (χ4n) is 1.77. The summed E-state index contributed by atoms with van der Waals surface area (Å²) < 4.78 is 26.5. The van der Waals surface area contributed by atoms with Gasteiger partial charge in [-0.15, -0.1) is 0 Å². The van der Waals surface area contributed by atoms with Gasteiger partial charge in [0.1, 0.15) is 0 Å². The molecule has 0 aromatic rings. The highest BCUT2D eigenvalue weighted by Gasteiger charge is 2.24. The van der Waals surface area contributed by atoms with Crippen LogP contribution in [0.25, 0.3) is 0 Å². The van der Waals surface area contributed by atoms with Crippen molar-refractivity contribution in [3.05, 3.63) is 0 Å². The van der Waals surface area contributed by atoms with Crippen molar-refractivity contribution in [1.82, 2.24) is 9.03 Å². The molecule has 90 valence electrons. The van der Waals surface area contributed by atoms with E-state index in [2.05, 4.69) is 4.72 Å². The highest BCUT2D eigenvalue weighted by atomic mass is 32.2. The Kier molecular flexibility index (Phi) is 4.51. The van der Waals surface area contributed by atoms with Crippen LogP contribution in [0.3, 0.4) is 0 Å². The Bertz CT molecular complexity index is 290. The van der Waals surface area contributed by atoms with Gasteiger partial charge in [0.2, 0.25) is 0 Å². The maximum atomic E-state index is 11.4. The molecule has 1 fully saturated rings. The Hall–Kier alpha value is -0.170. The number of hydrogen-bond acceptors (Lipinski definition) is 3. The van der Waals surface area contributed by atoms with Gasteiger partial charge in [-0.1, -0.05) is 12.8 Å². The molecule has 0 radical (unpaired) electrons. The van der Waals surface area contributed by atoms with Crippen molar-refractivity contribution in [3.63, 3.8) is 0 Å². The van der Waals surface area contributed by atoms with Gasteiger partial charge in [-0.25, -0.2) is 4.72 Å². The van der Waals surface area contributed by atoms with Crippen molar-refractivity contribution in [2.75, 3.05) is 20.6 Å². The summed E-state index contributed by atoms with van der Waals surface area (Å²) in [7, 11) is -0.377. The molecule has 1 aliphatic rings. The first-order chi connectivity index (χ1) is 6.93. The van der Waals surface area contributed by atoms with Gasteiger partial charge in [-0.3, -0.25) is 0 Å². The molecule has 0 aromatic heterocycles.